The van der Waals surface area contributed by atoms with Gasteiger partial charge < -0.3 is 15.4 Å². The van der Waals surface area contributed by atoms with E-state index in [2.05, 4.69) is 20.9 Å². The molecule has 1 atom stereocenters. The van der Waals surface area contributed by atoms with E-state index in [-0.39, 0.29) is 0 Å². The summed E-state index contributed by atoms with van der Waals surface area (Å²) in [6.07, 6.45) is 1.03. The highest BCUT2D eigenvalue weighted by atomic mass is 32.2. The van der Waals surface area contributed by atoms with Gasteiger partial charge in [0.25, 0.3) is 0 Å². The van der Waals surface area contributed by atoms with Gasteiger partial charge in [0.2, 0.25) is 5.95 Å². The van der Waals surface area contributed by atoms with Gasteiger partial charge in [-0.2, -0.15) is 16.7 Å². The summed E-state index contributed by atoms with van der Waals surface area (Å²) in [4.78, 5) is 11.0. The molecule has 5 nitrogen and oxygen atoms in total. The van der Waals surface area contributed by atoms with E-state index in [1.54, 1.807) is 0 Å². The molecule has 0 aliphatic carbocycles. The highest BCUT2D eigenvalue weighted by Crippen LogP contribution is 2.27. The molecule has 2 fully saturated rings. The molecule has 6 heteroatoms. The van der Waals surface area contributed by atoms with Crippen LogP contribution in [0.2, 0.25) is 0 Å². The van der Waals surface area contributed by atoms with Crippen LogP contribution in [0.5, 0.6) is 0 Å². The highest BCUT2D eigenvalue weighted by molar-refractivity contribution is 7.99. The molecular formula is C12H18N4OS. The van der Waals surface area contributed by atoms with E-state index in [0.29, 0.717) is 11.9 Å². The first kappa shape index (κ1) is 12.0. The minimum absolute atomic E-state index is 0.382. The lowest BCUT2D eigenvalue weighted by Gasteiger charge is -2.28. The average molecular weight is 266 g/mol. The van der Waals surface area contributed by atoms with Crippen LogP contribution >= 0.6 is 11.8 Å². The molecule has 2 aliphatic rings. The number of nitrogens with two attached hydrogens (primary N) is 1. The van der Waals surface area contributed by atoms with Crippen molar-refractivity contribution < 1.29 is 4.74 Å². The number of thioether (sulfide) groups is 1. The van der Waals surface area contributed by atoms with Crippen molar-refractivity contribution in [3.05, 3.63) is 11.8 Å². The van der Waals surface area contributed by atoms with Crippen molar-refractivity contribution in [2.24, 2.45) is 0 Å². The summed E-state index contributed by atoms with van der Waals surface area (Å²) in [5, 5.41) is 0. The van der Waals surface area contributed by atoms with E-state index in [1.807, 2.05) is 11.8 Å². The molecule has 2 aliphatic heterocycles. The van der Waals surface area contributed by atoms with E-state index >= 15 is 0 Å². The predicted molar refractivity (Wildman–Crippen MR) is 74.2 cm³/mol. The Morgan fingerprint density at radius 1 is 1.33 bits per heavy atom. The Bertz CT molecular complexity index is 417. The van der Waals surface area contributed by atoms with Crippen molar-refractivity contribution in [2.45, 2.75) is 12.3 Å². The van der Waals surface area contributed by atoms with Crippen molar-refractivity contribution in [3.8, 4) is 0 Å². The molecule has 0 bridgehead atoms. The van der Waals surface area contributed by atoms with Crippen molar-refractivity contribution >= 4 is 23.5 Å². The smallest absolute Gasteiger partial charge is 0.222 e. The monoisotopic (exact) mass is 266 g/mol. The van der Waals surface area contributed by atoms with Gasteiger partial charge in [0.05, 0.1) is 12.3 Å². The van der Waals surface area contributed by atoms with Gasteiger partial charge in [-0.1, -0.05) is 0 Å². The fourth-order valence-electron chi connectivity index (χ4n) is 2.40. The first-order valence-corrected chi connectivity index (χ1v) is 7.53. The van der Waals surface area contributed by atoms with Crippen molar-refractivity contribution in [1.82, 2.24) is 9.97 Å². The van der Waals surface area contributed by atoms with Crippen LogP contribution in [-0.4, -0.2) is 47.8 Å². The van der Waals surface area contributed by atoms with Crippen LogP contribution in [0.1, 0.15) is 18.0 Å². The number of ether oxygens (including phenoxy) is 1. The summed E-state index contributed by atoms with van der Waals surface area (Å²) < 4.78 is 5.42. The number of hydrogen-bond acceptors (Lipinski definition) is 6. The number of hydrogen-bond donors (Lipinski definition) is 1. The molecule has 18 heavy (non-hydrogen) atoms. The largest absolute Gasteiger partial charge is 0.381 e. The molecule has 3 heterocycles. The van der Waals surface area contributed by atoms with Crippen molar-refractivity contribution in [3.63, 3.8) is 0 Å². The molecule has 1 aromatic heterocycles. The van der Waals surface area contributed by atoms with Gasteiger partial charge >= 0.3 is 0 Å². The van der Waals surface area contributed by atoms with Crippen molar-refractivity contribution in [2.75, 3.05) is 48.4 Å². The van der Waals surface area contributed by atoms with Crippen LogP contribution < -0.4 is 10.6 Å². The van der Waals surface area contributed by atoms with Gasteiger partial charge in [0.1, 0.15) is 5.82 Å². The van der Waals surface area contributed by atoms with Gasteiger partial charge in [-0.25, -0.2) is 4.98 Å². The zero-order valence-corrected chi connectivity index (χ0v) is 11.2. The van der Waals surface area contributed by atoms with Gasteiger partial charge in [0, 0.05) is 43.2 Å². The second-order valence-corrected chi connectivity index (χ2v) is 5.89. The fraction of sp³-hybridized carbons (Fsp3) is 0.667. The Kier molecular flexibility index (Phi) is 3.56. The van der Waals surface area contributed by atoms with Crippen LogP contribution in [0, 0.1) is 0 Å². The number of anilines is 2. The topological polar surface area (TPSA) is 64.3 Å². The Balaban J connectivity index is 1.84. The van der Waals surface area contributed by atoms with Crippen LogP contribution in [-0.2, 0) is 4.74 Å². The molecule has 1 aromatic rings. The van der Waals surface area contributed by atoms with E-state index in [9.17, 15) is 0 Å². The Morgan fingerprint density at radius 3 is 2.89 bits per heavy atom. The van der Waals surface area contributed by atoms with Crippen LogP contribution in [0.25, 0.3) is 0 Å². The third-order valence-corrected chi connectivity index (χ3v) is 4.38. The molecular weight excluding hydrogens is 248 g/mol. The molecule has 2 saturated heterocycles. The lowest BCUT2D eigenvalue weighted by atomic mass is 10.0. The number of nitrogen functional groups attached to an aromatic ring is 1. The molecule has 0 aromatic carbocycles. The predicted octanol–water partition coefficient (Wildman–Crippen LogP) is 1.12. The SMILES string of the molecule is Nc1nc(C2CCOC2)cc(N2CCSCC2)n1. The van der Waals surface area contributed by atoms with Crippen LogP contribution in [0.4, 0.5) is 11.8 Å². The molecule has 0 amide bonds. The standard InChI is InChI=1S/C12H18N4OS/c13-12-14-10(9-1-4-17-8-9)7-11(15-12)16-2-5-18-6-3-16/h7,9H,1-6,8H2,(H2,13,14,15). The lowest BCUT2D eigenvalue weighted by Crippen LogP contribution is -2.33. The maximum Gasteiger partial charge on any atom is 0.222 e. The third kappa shape index (κ3) is 2.54. The minimum atomic E-state index is 0.382. The first-order valence-electron chi connectivity index (χ1n) is 6.38. The Labute approximate surface area is 111 Å². The second kappa shape index (κ2) is 5.32. The number of aromatic nitrogens is 2. The number of rotatable bonds is 2. The van der Waals surface area contributed by atoms with E-state index < -0.39 is 0 Å². The fourth-order valence-corrected chi connectivity index (χ4v) is 3.31. The maximum absolute atomic E-state index is 5.84. The minimum Gasteiger partial charge on any atom is -0.381 e. The summed E-state index contributed by atoms with van der Waals surface area (Å²) in [6, 6.07) is 2.09. The van der Waals surface area contributed by atoms with Gasteiger partial charge in [-0.05, 0) is 6.42 Å². The third-order valence-electron chi connectivity index (χ3n) is 3.43. The lowest BCUT2D eigenvalue weighted by molar-refractivity contribution is 0.193. The summed E-state index contributed by atoms with van der Waals surface area (Å²) >= 11 is 1.99. The molecule has 2 N–H and O–H groups in total. The average Bonchev–Trinajstić information content (AvgIpc) is 2.93. The van der Waals surface area contributed by atoms with Gasteiger partial charge in [0.15, 0.2) is 0 Å². The Hall–Kier alpha value is -1.01. The van der Waals surface area contributed by atoms with Crippen LogP contribution in [0.3, 0.4) is 0 Å². The number of nitrogens with zero attached hydrogens (tertiary/aromatic N) is 3. The van der Waals surface area contributed by atoms with Crippen LogP contribution in [0.15, 0.2) is 6.07 Å². The van der Waals surface area contributed by atoms with E-state index in [0.717, 1.165) is 55.7 Å². The summed E-state index contributed by atoms with van der Waals surface area (Å²) in [5.74, 6) is 4.06. The second-order valence-electron chi connectivity index (χ2n) is 4.67. The highest BCUT2D eigenvalue weighted by Gasteiger charge is 2.22. The first-order chi connectivity index (χ1) is 8.83. The van der Waals surface area contributed by atoms with Gasteiger partial charge in [-0.15, -0.1) is 0 Å². The zero-order chi connectivity index (χ0) is 12.4. The van der Waals surface area contributed by atoms with Crippen molar-refractivity contribution in [1.29, 1.82) is 0 Å². The summed E-state index contributed by atoms with van der Waals surface area (Å²) in [7, 11) is 0. The molecule has 0 saturated carbocycles. The molecule has 0 radical (unpaired) electrons. The zero-order valence-electron chi connectivity index (χ0n) is 10.3. The van der Waals surface area contributed by atoms with Gasteiger partial charge in [-0.3, -0.25) is 0 Å². The summed E-state index contributed by atoms with van der Waals surface area (Å²) in [6.45, 7) is 3.67. The van der Waals surface area contributed by atoms with E-state index in [1.165, 1.54) is 0 Å². The summed E-state index contributed by atoms with van der Waals surface area (Å²) in [5.41, 5.74) is 6.87. The molecule has 0 spiro atoms. The molecule has 98 valence electrons. The maximum atomic E-state index is 5.84. The Morgan fingerprint density at radius 2 is 2.17 bits per heavy atom. The molecule has 3 rings (SSSR count). The van der Waals surface area contributed by atoms with E-state index in [4.69, 9.17) is 10.5 Å². The quantitative estimate of drug-likeness (QED) is 0.865. The normalized spacial score (nSPS) is 24.4. The molecule has 1 unspecified atom stereocenters.